The van der Waals surface area contributed by atoms with Gasteiger partial charge in [0.05, 0.1) is 0 Å². The van der Waals surface area contributed by atoms with Crippen molar-refractivity contribution in [1.82, 2.24) is 0 Å². The smallest absolute Gasteiger partial charge is 0.0475 e. The highest BCUT2D eigenvalue weighted by molar-refractivity contribution is 6.21. The van der Waals surface area contributed by atoms with Gasteiger partial charge in [-0.1, -0.05) is 61.4 Å². The van der Waals surface area contributed by atoms with E-state index in [2.05, 4.69) is 55.5 Å². The van der Waals surface area contributed by atoms with Crippen LogP contribution in [0.25, 0.3) is 27.6 Å². The molecule has 0 radical (unpaired) electrons. The fraction of sp³-hybridized carbons (Fsp3) is 0.348. The summed E-state index contributed by atoms with van der Waals surface area (Å²) in [5.41, 5.74) is 8.16. The zero-order valence-electron chi connectivity index (χ0n) is 15.0. The fourth-order valence-electron chi connectivity index (χ4n) is 4.05. The number of benzene rings is 3. The lowest BCUT2D eigenvalue weighted by atomic mass is 9.89. The Balaban J connectivity index is 1.72. The van der Waals surface area contributed by atoms with Gasteiger partial charge in [-0.25, -0.2) is 0 Å². The molecule has 1 aliphatic rings. The number of hydrogen-bond donors (Lipinski definition) is 1. The van der Waals surface area contributed by atoms with Crippen molar-refractivity contribution >= 4 is 33.3 Å². The van der Waals surface area contributed by atoms with Gasteiger partial charge in [-0.3, -0.25) is 4.99 Å². The third kappa shape index (κ3) is 3.07. The first-order valence-electron chi connectivity index (χ1n) is 9.49. The van der Waals surface area contributed by atoms with E-state index in [1.807, 2.05) is 0 Å². The molecule has 2 N–H and O–H groups in total. The van der Waals surface area contributed by atoms with Crippen LogP contribution in [0.4, 0.5) is 0 Å². The van der Waals surface area contributed by atoms with E-state index in [1.165, 1.54) is 50.9 Å². The van der Waals surface area contributed by atoms with Gasteiger partial charge in [0.25, 0.3) is 0 Å². The molecule has 1 atom stereocenters. The van der Waals surface area contributed by atoms with Crippen LogP contribution in [0, 0.1) is 0 Å². The van der Waals surface area contributed by atoms with Gasteiger partial charge in [0.1, 0.15) is 0 Å². The van der Waals surface area contributed by atoms with E-state index in [-0.39, 0.29) is 0 Å². The van der Waals surface area contributed by atoms with Crippen molar-refractivity contribution in [3.63, 3.8) is 0 Å². The van der Waals surface area contributed by atoms with Crippen LogP contribution >= 0.6 is 0 Å². The van der Waals surface area contributed by atoms with Gasteiger partial charge in [0.2, 0.25) is 0 Å². The minimum Gasteiger partial charge on any atom is -0.330 e. The highest BCUT2D eigenvalue weighted by Gasteiger charge is 2.16. The number of nitrogens with zero attached hydrogens (tertiary/aromatic N) is 1. The number of nitrogens with two attached hydrogens (primary N) is 1. The maximum absolute atomic E-state index is 5.58. The molecule has 0 bridgehead atoms. The molecule has 1 aliphatic carbocycles. The summed E-state index contributed by atoms with van der Waals surface area (Å²) < 4.78 is 0. The number of aliphatic imine (C=N–C) groups is 1. The topological polar surface area (TPSA) is 38.4 Å². The number of hydrogen-bond acceptors (Lipinski definition) is 2. The SMILES string of the molecule is CC(CCCCCN)N=C1CC=c2ccc3cccc4ccc1c2c43. The lowest BCUT2D eigenvalue weighted by Gasteiger charge is -2.18. The molecule has 0 aromatic heterocycles. The zero-order chi connectivity index (χ0) is 17.2. The van der Waals surface area contributed by atoms with Crippen LogP contribution in [0.3, 0.4) is 0 Å². The van der Waals surface area contributed by atoms with Crippen molar-refractivity contribution in [3.05, 3.63) is 53.2 Å². The van der Waals surface area contributed by atoms with Crippen LogP contribution in [-0.2, 0) is 0 Å². The zero-order valence-corrected chi connectivity index (χ0v) is 15.0. The summed E-state index contributed by atoms with van der Waals surface area (Å²) in [7, 11) is 0. The maximum Gasteiger partial charge on any atom is 0.0475 e. The second-order valence-corrected chi connectivity index (χ2v) is 7.19. The maximum atomic E-state index is 5.58. The minimum absolute atomic E-state index is 0.375. The first-order chi connectivity index (χ1) is 12.3. The standard InChI is InChI=1S/C23H26N2/c1-16(6-3-2-4-15-24)25-21-14-12-19-10-9-17-7-5-8-18-11-13-20(21)23(19)22(17)18/h5,7-13,16H,2-4,6,14-15,24H2,1H3. The van der Waals surface area contributed by atoms with E-state index < -0.39 is 0 Å². The molecule has 0 aliphatic heterocycles. The molecular weight excluding hydrogens is 304 g/mol. The Kier molecular flexibility index (Phi) is 4.54. The average Bonchev–Trinajstić information content (AvgIpc) is 2.64. The van der Waals surface area contributed by atoms with Gasteiger partial charge in [0, 0.05) is 23.7 Å². The van der Waals surface area contributed by atoms with Crippen LogP contribution in [0.1, 0.15) is 44.6 Å². The molecule has 0 saturated heterocycles. The van der Waals surface area contributed by atoms with E-state index >= 15 is 0 Å². The second-order valence-electron chi connectivity index (χ2n) is 7.19. The van der Waals surface area contributed by atoms with Crippen LogP contribution in [0.5, 0.6) is 0 Å². The summed E-state index contributed by atoms with van der Waals surface area (Å²) in [5.74, 6) is 0. The molecule has 1 unspecified atom stereocenters. The second kappa shape index (κ2) is 6.97. The Morgan fingerprint density at radius 2 is 1.76 bits per heavy atom. The summed E-state index contributed by atoms with van der Waals surface area (Å²) >= 11 is 0. The molecule has 0 heterocycles. The Labute approximate surface area is 149 Å². The summed E-state index contributed by atoms with van der Waals surface area (Å²) in [4.78, 5) is 5.09. The summed E-state index contributed by atoms with van der Waals surface area (Å²) in [6, 6.07) is 16.0. The Bertz CT molecular complexity index is 968. The molecule has 0 amide bonds. The minimum atomic E-state index is 0.375. The van der Waals surface area contributed by atoms with Gasteiger partial charge in [0.15, 0.2) is 0 Å². The summed E-state index contributed by atoms with van der Waals surface area (Å²) in [6.45, 7) is 3.04. The lowest BCUT2D eigenvalue weighted by Crippen LogP contribution is -2.17. The lowest BCUT2D eigenvalue weighted by molar-refractivity contribution is 0.584. The van der Waals surface area contributed by atoms with E-state index in [4.69, 9.17) is 10.7 Å². The Morgan fingerprint density at radius 3 is 2.56 bits per heavy atom. The highest BCUT2D eigenvalue weighted by Crippen LogP contribution is 2.30. The predicted octanol–water partition coefficient (Wildman–Crippen LogP) is 4.59. The Morgan fingerprint density at radius 1 is 0.960 bits per heavy atom. The van der Waals surface area contributed by atoms with Gasteiger partial charge in [-0.05, 0) is 53.1 Å². The highest BCUT2D eigenvalue weighted by atomic mass is 14.8. The van der Waals surface area contributed by atoms with Gasteiger partial charge < -0.3 is 5.73 Å². The van der Waals surface area contributed by atoms with Crippen LogP contribution in [0.2, 0.25) is 0 Å². The number of rotatable bonds is 6. The normalized spacial score (nSPS) is 16.5. The molecule has 0 fully saturated rings. The van der Waals surface area contributed by atoms with Crippen molar-refractivity contribution in [3.8, 4) is 0 Å². The van der Waals surface area contributed by atoms with Gasteiger partial charge >= 0.3 is 0 Å². The van der Waals surface area contributed by atoms with Crippen molar-refractivity contribution < 1.29 is 0 Å². The average molecular weight is 330 g/mol. The van der Waals surface area contributed by atoms with Crippen molar-refractivity contribution in [2.45, 2.75) is 45.1 Å². The third-order valence-electron chi connectivity index (χ3n) is 5.34. The third-order valence-corrected chi connectivity index (χ3v) is 5.34. The molecular formula is C23H26N2. The van der Waals surface area contributed by atoms with Crippen molar-refractivity contribution in [1.29, 1.82) is 0 Å². The molecule has 3 aromatic rings. The first kappa shape index (κ1) is 16.3. The van der Waals surface area contributed by atoms with Gasteiger partial charge in [-0.2, -0.15) is 0 Å². The molecule has 2 nitrogen and oxygen atoms in total. The van der Waals surface area contributed by atoms with E-state index in [0.29, 0.717) is 6.04 Å². The summed E-state index contributed by atoms with van der Waals surface area (Å²) in [5, 5.41) is 6.77. The first-order valence-corrected chi connectivity index (χ1v) is 9.49. The predicted molar refractivity (Wildman–Crippen MR) is 109 cm³/mol. The molecule has 4 rings (SSSR count). The van der Waals surface area contributed by atoms with Crippen LogP contribution < -0.4 is 11.0 Å². The van der Waals surface area contributed by atoms with Crippen LogP contribution in [-0.4, -0.2) is 18.3 Å². The monoisotopic (exact) mass is 330 g/mol. The van der Waals surface area contributed by atoms with Crippen molar-refractivity contribution in [2.75, 3.05) is 6.54 Å². The Hall–Kier alpha value is -2.19. The quantitative estimate of drug-likeness (QED) is 0.659. The van der Waals surface area contributed by atoms with Crippen LogP contribution in [0.15, 0.2) is 47.5 Å². The molecule has 128 valence electrons. The van der Waals surface area contributed by atoms with E-state index in [1.54, 1.807) is 0 Å². The molecule has 2 heteroatoms. The number of unbranched alkanes of at least 4 members (excludes halogenated alkanes) is 2. The van der Waals surface area contributed by atoms with E-state index in [0.717, 1.165) is 25.8 Å². The molecule has 25 heavy (non-hydrogen) atoms. The largest absolute Gasteiger partial charge is 0.330 e. The molecule has 0 saturated carbocycles. The van der Waals surface area contributed by atoms with E-state index in [9.17, 15) is 0 Å². The molecule has 3 aromatic carbocycles. The summed E-state index contributed by atoms with van der Waals surface area (Å²) in [6.07, 6.45) is 7.98. The molecule has 0 spiro atoms. The van der Waals surface area contributed by atoms with Gasteiger partial charge in [-0.15, -0.1) is 0 Å². The van der Waals surface area contributed by atoms with Crippen molar-refractivity contribution in [2.24, 2.45) is 10.7 Å². The fourth-order valence-corrected chi connectivity index (χ4v) is 4.05.